The Balaban J connectivity index is 1.62. The maximum absolute atomic E-state index is 13.4. The van der Waals surface area contributed by atoms with Crippen molar-refractivity contribution in [1.29, 1.82) is 0 Å². The first-order valence-corrected chi connectivity index (χ1v) is 11.4. The van der Waals surface area contributed by atoms with Gasteiger partial charge < -0.3 is 10.1 Å². The molecule has 0 bridgehead atoms. The molecule has 32 heavy (non-hydrogen) atoms. The molecule has 7 heteroatoms. The summed E-state index contributed by atoms with van der Waals surface area (Å²) in [5.74, 6) is 0.983. The number of hydrogen-bond donors (Lipinski definition) is 1. The van der Waals surface area contributed by atoms with Gasteiger partial charge in [-0.1, -0.05) is 26.0 Å². The number of ether oxygens (including phenoxy) is 1. The lowest BCUT2D eigenvalue weighted by atomic mass is 10.0. The van der Waals surface area contributed by atoms with Crippen LogP contribution in [0.4, 0.5) is 0 Å². The van der Waals surface area contributed by atoms with Gasteiger partial charge in [-0.05, 0) is 62.5 Å². The van der Waals surface area contributed by atoms with E-state index in [0.29, 0.717) is 12.1 Å². The number of pyridine rings is 1. The summed E-state index contributed by atoms with van der Waals surface area (Å²) in [5, 5.41) is 8.56. The summed E-state index contributed by atoms with van der Waals surface area (Å²) in [5.41, 5.74) is 4.32. The standard InChI is InChI=1S/C25H33N5O2/c1-16(2)21-14-20(23-17(3)28-29(4)24(23)27-21)25(31)26-15-22(30-12-6-7-13-30)18-8-10-19(32-5)11-9-18/h8-11,14,16,22H,6-7,12-13,15H2,1-5H3,(H,26,31). The Morgan fingerprint density at radius 2 is 1.88 bits per heavy atom. The zero-order chi connectivity index (χ0) is 22.8. The average Bonchev–Trinajstić information content (AvgIpc) is 3.42. The summed E-state index contributed by atoms with van der Waals surface area (Å²) in [4.78, 5) is 20.6. The Kier molecular flexibility index (Phi) is 6.46. The number of likely N-dealkylation sites (tertiary alicyclic amines) is 1. The van der Waals surface area contributed by atoms with Gasteiger partial charge in [0.05, 0.1) is 29.8 Å². The lowest BCUT2D eigenvalue weighted by Crippen LogP contribution is -2.37. The van der Waals surface area contributed by atoms with Gasteiger partial charge in [0.15, 0.2) is 5.65 Å². The molecule has 0 spiro atoms. The average molecular weight is 436 g/mol. The molecule has 2 aromatic heterocycles. The van der Waals surface area contributed by atoms with Gasteiger partial charge in [0.1, 0.15) is 5.75 Å². The second kappa shape index (κ2) is 9.28. The van der Waals surface area contributed by atoms with Crippen molar-refractivity contribution in [3.63, 3.8) is 0 Å². The van der Waals surface area contributed by atoms with Crippen molar-refractivity contribution < 1.29 is 9.53 Å². The van der Waals surface area contributed by atoms with E-state index < -0.39 is 0 Å². The predicted octanol–water partition coefficient (Wildman–Crippen LogP) is 3.98. The van der Waals surface area contributed by atoms with Crippen molar-refractivity contribution in [2.45, 2.75) is 45.6 Å². The molecule has 1 unspecified atom stereocenters. The Labute approximate surface area is 189 Å². The number of benzene rings is 1. The van der Waals surface area contributed by atoms with Gasteiger partial charge in [-0.3, -0.25) is 14.4 Å². The molecular formula is C25H33N5O2. The Hall–Kier alpha value is -2.93. The lowest BCUT2D eigenvalue weighted by Gasteiger charge is -2.28. The molecule has 0 aliphatic carbocycles. The summed E-state index contributed by atoms with van der Waals surface area (Å²) in [6, 6.07) is 10.2. The SMILES string of the molecule is COc1ccc(C(CNC(=O)c2cc(C(C)C)nc3c2c(C)nn3C)N2CCCC2)cc1. The highest BCUT2D eigenvalue weighted by Gasteiger charge is 2.25. The van der Waals surface area contributed by atoms with Gasteiger partial charge in [0.25, 0.3) is 5.91 Å². The van der Waals surface area contributed by atoms with Crippen LogP contribution in [0.5, 0.6) is 5.75 Å². The van der Waals surface area contributed by atoms with Crippen molar-refractivity contribution in [1.82, 2.24) is 25.0 Å². The molecule has 170 valence electrons. The molecule has 4 rings (SSSR count). The molecule has 3 heterocycles. The lowest BCUT2D eigenvalue weighted by molar-refractivity contribution is 0.0939. The summed E-state index contributed by atoms with van der Waals surface area (Å²) in [7, 11) is 3.55. The highest BCUT2D eigenvalue weighted by atomic mass is 16.5. The van der Waals surface area contributed by atoms with Crippen LogP contribution < -0.4 is 10.1 Å². The fourth-order valence-electron chi connectivity index (χ4n) is 4.56. The van der Waals surface area contributed by atoms with Crippen molar-refractivity contribution in [3.8, 4) is 5.75 Å². The minimum absolute atomic E-state index is 0.0758. The van der Waals surface area contributed by atoms with Crippen LogP contribution in [0.3, 0.4) is 0 Å². The molecule has 1 N–H and O–H groups in total. The van der Waals surface area contributed by atoms with E-state index in [0.717, 1.165) is 41.3 Å². The van der Waals surface area contributed by atoms with Crippen molar-refractivity contribution >= 4 is 16.9 Å². The normalized spacial score (nSPS) is 15.4. The van der Waals surface area contributed by atoms with Gasteiger partial charge in [-0.25, -0.2) is 4.98 Å². The van der Waals surface area contributed by atoms with Crippen molar-refractivity contribution in [2.75, 3.05) is 26.7 Å². The Morgan fingerprint density at radius 3 is 2.50 bits per heavy atom. The zero-order valence-corrected chi connectivity index (χ0v) is 19.7. The van der Waals surface area contributed by atoms with Gasteiger partial charge in [-0.2, -0.15) is 5.10 Å². The molecular weight excluding hydrogens is 402 g/mol. The first kappa shape index (κ1) is 22.3. The number of carbonyl (C=O) groups excluding carboxylic acids is 1. The second-order valence-corrected chi connectivity index (χ2v) is 8.90. The van der Waals surface area contributed by atoms with Crippen LogP contribution in [0.1, 0.15) is 66.0 Å². The first-order chi connectivity index (χ1) is 15.4. The number of hydrogen-bond acceptors (Lipinski definition) is 5. The number of nitrogens with one attached hydrogen (secondary N) is 1. The van der Waals surface area contributed by atoms with Crippen molar-refractivity contribution in [2.24, 2.45) is 7.05 Å². The Bertz CT molecular complexity index is 1100. The number of fused-ring (bicyclic) bond motifs is 1. The fourth-order valence-corrected chi connectivity index (χ4v) is 4.56. The van der Waals surface area contributed by atoms with E-state index in [1.165, 1.54) is 18.4 Å². The number of aryl methyl sites for hydroxylation is 2. The maximum atomic E-state index is 13.4. The topological polar surface area (TPSA) is 72.3 Å². The van der Waals surface area contributed by atoms with E-state index in [1.807, 2.05) is 32.2 Å². The van der Waals surface area contributed by atoms with Gasteiger partial charge >= 0.3 is 0 Å². The predicted molar refractivity (Wildman–Crippen MR) is 126 cm³/mol. The quantitative estimate of drug-likeness (QED) is 0.608. The summed E-state index contributed by atoms with van der Waals surface area (Å²) in [6.07, 6.45) is 2.39. The Morgan fingerprint density at radius 1 is 1.19 bits per heavy atom. The van der Waals surface area contributed by atoms with Crippen LogP contribution in [-0.4, -0.2) is 52.3 Å². The van der Waals surface area contributed by atoms with E-state index in [4.69, 9.17) is 9.72 Å². The number of amides is 1. The first-order valence-electron chi connectivity index (χ1n) is 11.4. The molecule has 1 fully saturated rings. The van der Waals surface area contributed by atoms with Gasteiger partial charge in [-0.15, -0.1) is 0 Å². The van der Waals surface area contributed by atoms with E-state index in [-0.39, 0.29) is 17.9 Å². The van der Waals surface area contributed by atoms with Crippen molar-refractivity contribution in [3.05, 3.63) is 52.8 Å². The number of carbonyl (C=O) groups is 1. The maximum Gasteiger partial charge on any atom is 0.252 e. The minimum Gasteiger partial charge on any atom is -0.497 e. The molecule has 0 saturated carbocycles. The summed E-state index contributed by atoms with van der Waals surface area (Å²) < 4.78 is 7.08. The smallest absolute Gasteiger partial charge is 0.252 e. The highest BCUT2D eigenvalue weighted by molar-refractivity contribution is 6.06. The van der Waals surface area contributed by atoms with E-state index >= 15 is 0 Å². The van der Waals surface area contributed by atoms with Crippen LogP contribution in [0.2, 0.25) is 0 Å². The molecule has 1 aliphatic rings. The summed E-state index contributed by atoms with van der Waals surface area (Å²) in [6.45, 7) is 8.75. The van der Waals surface area contributed by atoms with Gasteiger partial charge in [0, 0.05) is 19.3 Å². The third-order valence-corrected chi connectivity index (χ3v) is 6.36. The molecule has 1 amide bonds. The molecule has 3 aromatic rings. The van der Waals surface area contributed by atoms with Crippen LogP contribution in [0, 0.1) is 6.92 Å². The second-order valence-electron chi connectivity index (χ2n) is 8.90. The number of methoxy groups -OCH3 is 1. The molecule has 7 nitrogen and oxygen atoms in total. The number of rotatable bonds is 7. The molecule has 1 aromatic carbocycles. The van der Waals surface area contributed by atoms with E-state index in [2.05, 4.69) is 41.3 Å². The minimum atomic E-state index is -0.0758. The van der Waals surface area contributed by atoms with Crippen LogP contribution in [0.15, 0.2) is 30.3 Å². The van der Waals surface area contributed by atoms with E-state index in [9.17, 15) is 4.79 Å². The third-order valence-electron chi connectivity index (χ3n) is 6.36. The van der Waals surface area contributed by atoms with Gasteiger partial charge in [0.2, 0.25) is 0 Å². The molecule has 1 atom stereocenters. The molecule has 1 aliphatic heterocycles. The fraction of sp³-hybridized carbons (Fsp3) is 0.480. The van der Waals surface area contributed by atoms with Crippen LogP contribution in [0.25, 0.3) is 11.0 Å². The third kappa shape index (κ3) is 4.35. The molecule has 0 radical (unpaired) electrons. The number of nitrogens with zero attached hydrogens (tertiary/aromatic N) is 4. The monoisotopic (exact) mass is 435 g/mol. The molecule has 1 saturated heterocycles. The zero-order valence-electron chi connectivity index (χ0n) is 19.7. The number of aromatic nitrogens is 3. The largest absolute Gasteiger partial charge is 0.497 e. The van der Waals surface area contributed by atoms with E-state index in [1.54, 1.807) is 11.8 Å². The van der Waals surface area contributed by atoms with Crippen LogP contribution >= 0.6 is 0 Å². The highest BCUT2D eigenvalue weighted by Crippen LogP contribution is 2.28. The summed E-state index contributed by atoms with van der Waals surface area (Å²) >= 11 is 0. The van der Waals surface area contributed by atoms with Crippen LogP contribution in [-0.2, 0) is 7.05 Å².